The second-order valence-electron chi connectivity index (χ2n) is 6.94. The number of carboxylic acids is 1. The number of carboxylic acid groups (broad SMARTS) is 1. The summed E-state index contributed by atoms with van der Waals surface area (Å²) in [6, 6.07) is 8.90. The molecule has 5 heteroatoms. The predicted molar refractivity (Wildman–Crippen MR) is 87.0 cm³/mol. The molecule has 0 amide bonds. The maximum Gasteiger partial charge on any atom is 0.335 e. The van der Waals surface area contributed by atoms with E-state index in [0.29, 0.717) is 5.75 Å². The summed E-state index contributed by atoms with van der Waals surface area (Å²) in [6.45, 7) is 4.13. The first-order valence-corrected chi connectivity index (χ1v) is 8.07. The summed E-state index contributed by atoms with van der Waals surface area (Å²) in [5, 5.41) is 9.27. The Bertz CT molecular complexity index is 787. The van der Waals surface area contributed by atoms with Gasteiger partial charge in [-0.3, -0.25) is 4.98 Å². The van der Waals surface area contributed by atoms with Crippen molar-refractivity contribution in [3.8, 4) is 5.75 Å². The average molecular weight is 325 g/mol. The second kappa shape index (κ2) is 5.31. The number of hydrogen-bond donors (Lipinski definition) is 1. The van der Waals surface area contributed by atoms with E-state index < -0.39 is 5.97 Å². The van der Waals surface area contributed by atoms with Crippen LogP contribution >= 0.6 is 0 Å². The highest BCUT2D eigenvalue weighted by molar-refractivity contribution is 5.88. The first kappa shape index (κ1) is 15.1. The molecule has 4 rings (SSSR count). The standard InChI is InChI=1S/C19H19NO4/c1-19(2)14-9-16(12-4-3-7-20-10-12)23-17(14)13-8-11(18(21)22)5-6-15(13)24-19/h3-8,10,14,16-17H,9H2,1-2H3,(H,21,22). The molecule has 0 spiro atoms. The van der Waals surface area contributed by atoms with Crippen molar-refractivity contribution in [1.82, 2.24) is 4.98 Å². The molecular formula is C19H19NO4. The second-order valence-corrected chi connectivity index (χ2v) is 6.94. The number of hydrogen-bond acceptors (Lipinski definition) is 4. The lowest BCUT2D eigenvalue weighted by Gasteiger charge is -2.41. The monoisotopic (exact) mass is 325 g/mol. The molecule has 3 unspecified atom stereocenters. The Hall–Kier alpha value is -2.40. The highest BCUT2D eigenvalue weighted by atomic mass is 16.5. The van der Waals surface area contributed by atoms with Crippen LogP contribution in [0.5, 0.6) is 5.75 Å². The predicted octanol–water partition coefficient (Wildman–Crippen LogP) is 3.77. The van der Waals surface area contributed by atoms with Crippen molar-refractivity contribution in [1.29, 1.82) is 0 Å². The number of rotatable bonds is 2. The molecule has 1 N–H and O–H groups in total. The molecule has 1 aromatic heterocycles. The zero-order chi connectivity index (χ0) is 16.9. The van der Waals surface area contributed by atoms with Gasteiger partial charge in [0, 0.05) is 23.9 Å². The van der Waals surface area contributed by atoms with Crippen LogP contribution in [-0.2, 0) is 4.74 Å². The molecule has 0 radical (unpaired) electrons. The van der Waals surface area contributed by atoms with Gasteiger partial charge in [0.05, 0.1) is 17.8 Å². The van der Waals surface area contributed by atoms with Crippen LogP contribution in [0.3, 0.4) is 0 Å². The van der Waals surface area contributed by atoms with E-state index in [2.05, 4.69) is 18.8 Å². The molecule has 0 bridgehead atoms. The molecule has 1 saturated heterocycles. The molecule has 1 aromatic carbocycles. The largest absolute Gasteiger partial charge is 0.487 e. The Labute approximate surface area is 140 Å². The molecule has 124 valence electrons. The van der Waals surface area contributed by atoms with Crippen LogP contribution in [-0.4, -0.2) is 21.7 Å². The van der Waals surface area contributed by atoms with Gasteiger partial charge in [0.25, 0.3) is 0 Å². The van der Waals surface area contributed by atoms with Crippen molar-refractivity contribution in [2.45, 2.75) is 38.1 Å². The number of fused-ring (bicyclic) bond motifs is 3. The van der Waals surface area contributed by atoms with Crippen molar-refractivity contribution < 1.29 is 19.4 Å². The van der Waals surface area contributed by atoms with Crippen LogP contribution < -0.4 is 4.74 Å². The van der Waals surface area contributed by atoms with E-state index in [1.165, 1.54) is 0 Å². The number of aromatic nitrogens is 1. The van der Waals surface area contributed by atoms with Crippen LogP contribution in [0, 0.1) is 5.92 Å². The number of ether oxygens (including phenoxy) is 2. The van der Waals surface area contributed by atoms with Gasteiger partial charge in [-0.05, 0) is 50.1 Å². The Kier molecular flexibility index (Phi) is 3.35. The van der Waals surface area contributed by atoms with E-state index >= 15 is 0 Å². The average Bonchev–Trinajstić information content (AvgIpc) is 3.02. The normalized spacial score (nSPS) is 27.0. The smallest absolute Gasteiger partial charge is 0.335 e. The Morgan fingerprint density at radius 2 is 2.17 bits per heavy atom. The van der Waals surface area contributed by atoms with Gasteiger partial charge >= 0.3 is 5.97 Å². The van der Waals surface area contributed by atoms with Crippen molar-refractivity contribution in [2.24, 2.45) is 5.92 Å². The molecule has 2 aliphatic rings. The van der Waals surface area contributed by atoms with Crippen molar-refractivity contribution >= 4 is 5.97 Å². The number of pyridine rings is 1. The summed E-state index contributed by atoms with van der Waals surface area (Å²) in [6.07, 6.45) is 4.15. The molecular weight excluding hydrogens is 306 g/mol. The van der Waals surface area contributed by atoms with Gasteiger partial charge in [-0.2, -0.15) is 0 Å². The maximum absolute atomic E-state index is 11.3. The van der Waals surface area contributed by atoms with E-state index in [0.717, 1.165) is 17.5 Å². The quantitative estimate of drug-likeness (QED) is 0.910. The fourth-order valence-electron chi connectivity index (χ4n) is 3.76. The first-order chi connectivity index (χ1) is 11.5. The minimum Gasteiger partial charge on any atom is -0.487 e. The lowest BCUT2D eigenvalue weighted by atomic mass is 9.78. The minimum atomic E-state index is -0.944. The summed E-state index contributed by atoms with van der Waals surface area (Å²) in [5.74, 6) is -0.0849. The van der Waals surface area contributed by atoms with Crippen LogP contribution in [0.25, 0.3) is 0 Å². The first-order valence-electron chi connectivity index (χ1n) is 8.07. The Morgan fingerprint density at radius 1 is 1.33 bits per heavy atom. The topological polar surface area (TPSA) is 68.7 Å². The lowest BCUT2D eigenvalue weighted by molar-refractivity contribution is -0.0422. The third-order valence-corrected chi connectivity index (χ3v) is 5.03. The highest BCUT2D eigenvalue weighted by Gasteiger charge is 2.50. The molecule has 1 fully saturated rings. The summed E-state index contributed by atoms with van der Waals surface area (Å²) in [5.41, 5.74) is 1.74. The molecule has 24 heavy (non-hydrogen) atoms. The molecule has 0 aliphatic carbocycles. The van der Waals surface area contributed by atoms with E-state index in [1.807, 2.05) is 18.3 Å². The zero-order valence-electron chi connectivity index (χ0n) is 13.6. The molecule has 2 aliphatic heterocycles. The lowest BCUT2D eigenvalue weighted by Crippen LogP contribution is -2.42. The summed E-state index contributed by atoms with van der Waals surface area (Å²) in [7, 11) is 0. The van der Waals surface area contributed by atoms with Gasteiger partial charge in [0.2, 0.25) is 0 Å². The third kappa shape index (κ3) is 2.36. The molecule has 3 atom stereocenters. The number of benzene rings is 1. The molecule has 5 nitrogen and oxygen atoms in total. The summed E-state index contributed by atoms with van der Waals surface area (Å²) >= 11 is 0. The zero-order valence-corrected chi connectivity index (χ0v) is 13.6. The van der Waals surface area contributed by atoms with Gasteiger partial charge in [0.1, 0.15) is 11.4 Å². The third-order valence-electron chi connectivity index (χ3n) is 5.03. The van der Waals surface area contributed by atoms with Crippen LogP contribution in [0.15, 0.2) is 42.7 Å². The van der Waals surface area contributed by atoms with Crippen molar-refractivity contribution in [3.63, 3.8) is 0 Å². The Morgan fingerprint density at radius 3 is 2.88 bits per heavy atom. The van der Waals surface area contributed by atoms with Gasteiger partial charge in [-0.15, -0.1) is 0 Å². The van der Waals surface area contributed by atoms with Crippen molar-refractivity contribution in [2.75, 3.05) is 0 Å². The van der Waals surface area contributed by atoms with Gasteiger partial charge in [-0.25, -0.2) is 4.79 Å². The SMILES string of the molecule is CC1(C)Oc2ccc(C(=O)O)cc2C2OC(c3cccnc3)CC21. The van der Waals surface area contributed by atoms with Crippen LogP contribution in [0.2, 0.25) is 0 Å². The summed E-state index contributed by atoms with van der Waals surface area (Å²) < 4.78 is 12.5. The van der Waals surface area contributed by atoms with E-state index in [9.17, 15) is 9.90 Å². The maximum atomic E-state index is 11.3. The van der Waals surface area contributed by atoms with Gasteiger partial charge < -0.3 is 14.6 Å². The molecule has 2 aromatic rings. The molecule has 0 saturated carbocycles. The highest BCUT2D eigenvalue weighted by Crippen LogP contribution is 2.55. The fraction of sp³-hybridized carbons (Fsp3) is 0.368. The minimum absolute atomic E-state index is 0.0593. The number of carbonyl (C=O) groups is 1. The van der Waals surface area contributed by atoms with E-state index in [-0.39, 0.29) is 29.3 Å². The number of nitrogens with zero attached hydrogens (tertiary/aromatic N) is 1. The summed E-state index contributed by atoms with van der Waals surface area (Å²) in [4.78, 5) is 15.5. The molecule has 3 heterocycles. The van der Waals surface area contributed by atoms with Gasteiger partial charge in [-0.1, -0.05) is 6.07 Å². The van der Waals surface area contributed by atoms with Crippen LogP contribution in [0.1, 0.15) is 54.0 Å². The number of aromatic carboxylic acids is 1. The Balaban J connectivity index is 1.75. The van der Waals surface area contributed by atoms with Crippen molar-refractivity contribution in [3.05, 3.63) is 59.4 Å². The van der Waals surface area contributed by atoms with E-state index in [1.54, 1.807) is 24.4 Å². The van der Waals surface area contributed by atoms with E-state index in [4.69, 9.17) is 9.47 Å². The van der Waals surface area contributed by atoms with Crippen LogP contribution in [0.4, 0.5) is 0 Å². The fourth-order valence-corrected chi connectivity index (χ4v) is 3.76. The van der Waals surface area contributed by atoms with Gasteiger partial charge in [0.15, 0.2) is 0 Å².